The fraction of sp³-hybridized carbons (Fsp3) is 0.188. The number of hydrogen-bond donors (Lipinski definition) is 3. The molecular formula is C16H17N3O4. The SMILES string of the molecule is CC(=O)Nc1ccc(NC(=O)C(=O)NCCc2ccco2)cc1. The lowest BCUT2D eigenvalue weighted by molar-refractivity contribution is -0.136. The summed E-state index contributed by atoms with van der Waals surface area (Å²) in [5.74, 6) is -0.920. The van der Waals surface area contributed by atoms with Crippen LogP contribution in [0.2, 0.25) is 0 Å². The molecule has 1 aromatic carbocycles. The lowest BCUT2D eigenvalue weighted by Gasteiger charge is -2.07. The molecule has 0 bridgehead atoms. The Morgan fingerprint density at radius 1 is 0.957 bits per heavy atom. The molecule has 0 aliphatic carbocycles. The molecule has 3 amide bonds. The average Bonchev–Trinajstić information content (AvgIpc) is 3.02. The van der Waals surface area contributed by atoms with E-state index < -0.39 is 11.8 Å². The number of rotatable bonds is 5. The summed E-state index contributed by atoms with van der Waals surface area (Å²) in [6.07, 6.45) is 2.06. The van der Waals surface area contributed by atoms with Crippen molar-refractivity contribution in [3.8, 4) is 0 Å². The van der Waals surface area contributed by atoms with Crippen molar-refractivity contribution in [2.75, 3.05) is 17.2 Å². The Morgan fingerprint density at radius 2 is 1.61 bits per heavy atom. The van der Waals surface area contributed by atoms with Crippen LogP contribution in [0.3, 0.4) is 0 Å². The van der Waals surface area contributed by atoms with Crippen molar-refractivity contribution >= 4 is 29.1 Å². The maximum Gasteiger partial charge on any atom is 0.313 e. The molecule has 7 nitrogen and oxygen atoms in total. The Morgan fingerprint density at radius 3 is 2.17 bits per heavy atom. The van der Waals surface area contributed by atoms with E-state index in [0.717, 1.165) is 5.76 Å². The summed E-state index contributed by atoms with van der Waals surface area (Å²) < 4.78 is 5.13. The average molecular weight is 315 g/mol. The zero-order valence-electron chi connectivity index (χ0n) is 12.6. The van der Waals surface area contributed by atoms with Crippen molar-refractivity contribution in [2.45, 2.75) is 13.3 Å². The third kappa shape index (κ3) is 5.31. The van der Waals surface area contributed by atoms with E-state index in [0.29, 0.717) is 24.3 Å². The van der Waals surface area contributed by atoms with Gasteiger partial charge in [0, 0.05) is 31.3 Å². The highest BCUT2D eigenvalue weighted by atomic mass is 16.3. The lowest BCUT2D eigenvalue weighted by Crippen LogP contribution is -2.36. The van der Waals surface area contributed by atoms with Gasteiger partial charge in [0.2, 0.25) is 5.91 Å². The number of benzene rings is 1. The first kappa shape index (κ1) is 16.3. The zero-order valence-corrected chi connectivity index (χ0v) is 12.6. The molecule has 0 atom stereocenters. The van der Waals surface area contributed by atoms with Gasteiger partial charge in [-0.05, 0) is 36.4 Å². The molecule has 1 aromatic heterocycles. The smallest absolute Gasteiger partial charge is 0.313 e. The fourth-order valence-corrected chi connectivity index (χ4v) is 1.86. The largest absolute Gasteiger partial charge is 0.469 e. The number of hydrogen-bond acceptors (Lipinski definition) is 4. The first-order valence-corrected chi connectivity index (χ1v) is 7.04. The van der Waals surface area contributed by atoms with E-state index in [1.54, 1.807) is 42.7 Å². The van der Waals surface area contributed by atoms with E-state index in [1.165, 1.54) is 6.92 Å². The number of nitrogens with one attached hydrogen (secondary N) is 3. The molecule has 0 fully saturated rings. The van der Waals surface area contributed by atoms with Crippen LogP contribution in [0, 0.1) is 0 Å². The Hall–Kier alpha value is -3.09. The van der Waals surface area contributed by atoms with Crippen LogP contribution in [0.4, 0.5) is 11.4 Å². The summed E-state index contributed by atoms with van der Waals surface area (Å²) in [7, 11) is 0. The summed E-state index contributed by atoms with van der Waals surface area (Å²) in [5, 5.41) is 7.60. The van der Waals surface area contributed by atoms with Crippen LogP contribution in [0.1, 0.15) is 12.7 Å². The fourth-order valence-electron chi connectivity index (χ4n) is 1.86. The van der Waals surface area contributed by atoms with E-state index >= 15 is 0 Å². The predicted octanol–water partition coefficient (Wildman–Crippen LogP) is 1.54. The van der Waals surface area contributed by atoms with Gasteiger partial charge in [0.1, 0.15) is 5.76 Å². The van der Waals surface area contributed by atoms with Crippen molar-refractivity contribution < 1.29 is 18.8 Å². The number of amides is 3. The molecule has 2 aromatic rings. The molecule has 1 heterocycles. The summed E-state index contributed by atoms with van der Waals surface area (Å²) in [6.45, 7) is 1.71. The second-order valence-electron chi connectivity index (χ2n) is 4.80. The summed E-state index contributed by atoms with van der Waals surface area (Å²) in [4.78, 5) is 34.3. The van der Waals surface area contributed by atoms with Gasteiger partial charge in [0.25, 0.3) is 0 Å². The molecule has 0 spiro atoms. The number of carbonyl (C=O) groups excluding carboxylic acids is 3. The maximum atomic E-state index is 11.8. The van der Waals surface area contributed by atoms with Crippen molar-refractivity contribution in [1.82, 2.24) is 5.32 Å². The van der Waals surface area contributed by atoms with Crippen LogP contribution in [0.5, 0.6) is 0 Å². The molecule has 23 heavy (non-hydrogen) atoms. The van der Waals surface area contributed by atoms with E-state index in [1.807, 2.05) is 0 Å². The van der Waals surface area contributed by atoms with E-state index in [-0.39, 0.29) is 5.91 Å². The van der Waals surface area contributed by atoms with Crippen molar-refractivity contribution in [1.29, 1.82) is 0 Å². The van der Waals surface area contributed by atoms with Gasteiger partial charge in [-0.2, -0.15) is 0 Å². The van der Waals surface area contributed by atoms with Gasteiger partial charge in [-0.1, -0.05) is 0 Å². The third-order valence-corrected chi connectivity index (χ3v) is 2.91. The molecule has 3 N–H and O–H groups in total. The topological polar surface area (TPSA) is 100 Å². The Kier molecular flexibility index (Phi) is 5.51. The Bertz CT molecular complexity index is 678. The molecule has 0 saturated heterocycles. The number of carbonyl (C=O) groups is 3. The molecule has 0 saturated carbocycles. The van der Waals surface area contributed by atoms with E-state index in [2.05, 4.69) is 16.0 Å². The predicted molar refractivity (Wildman–Crippen MR) is 84.8 cm³/mol. The van der Waals surface area contributed by atoms with Crippen LogP contribution < -0.4 is 16.0 Å². The Balaban J connectivity index is 1.78. The highest BCUT2D eigenvalue weighted by Crippen LogP contribution is 2.13. The van der Waals surface area contributed by atoms with Crippen molar-refractivity contribution in [3.05, 3.63) is 48.4 Å². The van der Waals surface area contributed by atoms with E-state index in [9.17, 15) is 14.4 Å². The molecule has 2 rings (SSSR count). The highest BCUT2D eigenvalue weighted by Gasteiger charge is 2.13. The van der Waals surface area contributed by atoms with Gasteiger partial charge in [0.15, 0.2) is 0 Å². The van der Waals surface area contributed by atoms with Gasteiger partial charge in [0.05, 0.1) is 6.26 Å². The molecule has 0 aliphatic rings. The molecular weight excluding hydrogens is 298 g/mol. The monoisotopic (exact) mass is 315 g/mol. The molecule has 120 valence electrons. The van der Waals surface area contributed by atoms with E-state index in [4.69, 9.17) is 4.42 Å². The molecule has 7 heteroatoms. The number of furan rings is 1. The summed E-state index contributed by atoms with van der Waals surface area (Å²) >= 11 is 0. The third-order valence-electron chi connectivity index (χ3n) is 2.91. The summed E-state index contributed by atoms with van der Waals surface area (Å²) in [5.41, 5.74) is 1.07. The first-order valence-electron chi connectivity index (χ1n) is 7.04. The molecule has 0 unspecified atom stereocenters. The van der Waals surface area contributed by atoms with Crippen LogP contribution in [-0.4, -0.2) is 24.3 Å². The van der Waals surface area contributed by atoms with Crippen LogP contribution in [-0.2, 0) is 20.8 Å². The van der Waals surface area contributed by atoms with Crippen LogP contribution in [0.15, 0.2) is 47.1 Å². The molecule has 0 radical (unpaired) electrons. The van der Waals surface area contributed by atoms with Gasteiger partial charge < -0.3 is 20.4 Å². The minimum Gasteiger partial charge on any atom is -0.469 e. The van der Waals surface area contributed by atoms with Crippen LogP contribution >= 0.6 is 0 Å². The minimum absolute atomic E-state index is 0.183. The normalized spacial score (nSPS) is 9.96. The van der Waals surface area contributed by atoms with Gasteiger partial charge in [-0.25, -0.2) is 0 Å². The zero-order chi connectivity index (χ0) is 16.7. The van der Waals surface area contributed by atoms with Crippen molar-refractivity contribution in [2.24, 2.45) is 0 Å². The number of anilines is 2. The quantitative estimate of drug-likeness (QED) is 0.728. The second-order valence-corrected chi connectivity index (χ2v) is 4.80. The highest BCUT2D eigenvalue weighted by molar-refractivity contribution is 6.39. The van der Waals surface area contributed by atoms with Gasteiger partial charge >= 0.3 is 11.8 Å². The minimum atomic E-state index is -0.753. The summed E-state index contributed by atoms with van der Waals surface area (Å²) in [6, 6.07) is 10.0. The first-order chi connectivity index (χ1) is 11.0. The Labute approximate surface area is 133 Å². The second kappa shape index (κ2) is 7.79. The van der Waals surface area contributed by atoms with Crippen molar-refractivity contribution in [3.63, 3.8) is 0 Å². The van der Waals surface area contributed by atoms with Gasteiger partial charge in [-0.15, -0.1) is 0 Å². The lowest BCUT2D eigenvalue weighted by atomic mass is 10.2. The standard InChI is InChI=1S/C16H17N3O4/c1-11(20)18-12-4-6-13(7-5-12)19-16(22)15(21)17-9-8-14-3-2-10-23-14/h2-7,10H,8-9H2,1H3,(H,17,21)(H,18,20)(H,19,22). The molecule has 0 aliphatic heterocycles. The van der Waals surface area contributed by atoms with Crippen LogP contribution in [0.25, 0.3) is 0 Å². The maximum absolute atomic E-state index is 11.8. The van der Waals surface area contributed by atoms with Gasteiger partial charge in [-0.3, -0.25) is 14.4 Å².